The zero-order chi connectivity index (χ0) is 12.9. The van der Waals surface area contributed by atoms with Crippen LogP contribution in [-0.2, 0) is 10.0 Å². The van der Waals surface area contributed by atoms with Crippen molar-refractivity contribution in [3.05, 3.63) is 0 Å². The first-order valence-electron chi connectivity index (χ1n) is 5.59. The van der Waals surface area contributed by atoms with Crippen molar-refractivity contribution in [1.82, 2.24) is 14.9 Å². The number of sulfonamides is 1. The summed E-state index contributed by atoms with van der Waals surface area (Å²) >= 11 is 0. The lowest BCUT2D eigenvalue weighted by Gasteiger charge is -2.27. The normalized spacial score (nSPS) is 17.8. The van der Waals surface area contributed by atoms with E-state index in [2.05, 4.69) is 15.0 Å². The highest BCUT2D eigenvalue weighted by atomic mass is 32.2. The average Bonchev–Trinajstić information content (AvgIpc) is 2.27. The molecule has 0 aliphatic carbocycles. The SMILES string of the molecule is CC(C)S(=O)(=O)NC1=NCN(CCCO)CN1. The second-order valence-electron chi connectivity index (χ2n) is 4.15. The summed E-state index contributed by atoms with van der Waals surface area (Å²) in [5.74, 6) is 0.291. The fraction of sp³-hybridized carbons (Fsp3) is 0.889. The minimum Gasteiger partial charge on any atom is -0.396 e. The number of nitrogens with one attached hydrogen (secondary N) is 2. The third-order valence-corrected chi connectivity index (χ3v) is 4.11. The molecule has 0 bridgehead atoms. The Labute approximate surface area is 102 Å². The van der Waals surface area contributed by atoms with E-state index in [1.54, 1.807) is 13.8 Å². The molecule has 0 aromatic rings. The van der Waals surface area contributed by atoms with Crippen molar-refractivity contribution in [3.8, 4) is 0 Å². The molecule has 0 spiro atoms. The van der Waals surface area contributed by atoms with Crippen LogP contribution >= 0.6 is 0 Å². The molecular formula is C9H20N4O3S. The molecule has 3 N–H and O–H groups in total. The van der Waals surface area contributed by atoms with Gasteiger partial charge in [-0.25, -0.2) is 13.4 Å². The lowest BCUT2D eigenvalue weighted by Crippen LogP contribution is -2.51. The van der Waals surface area contributed by atoms with E-state index in [4.69, 9.17) is 5.11 Å². The third-order valence-electron chi connectivity index (χ3n) is 2.39. The monoisotopic (exact) mass is 264 g/mol. The van der Waals surface area contributed by atoms with E-state index in [-0.39, 0.29) is 6.61 Å². The molecule has 100 valence electrons. The molecule has 0 radical (unpaired) electrons. The molecule has 0 amide bonds. The van der Waals surface area contributed by atoms with Gasteiger partial charge in [-0.3, -0.25) is 9.62 Å². The van der Waals surface area contributed by atoms with Gasteiger partial charge >= 0.3 is 0 Å². The highest BCUT2D eigenvalue weighted by Crippen LogP contribution is 1.99. The first-order chi connectivity index (χ1) is 7.95. The molecule has 0 fully saturated rings. The summed E-state index contributed by atoms with van der Waals surface area (Å²) in [5, 5.41) is 11.1. The molecule has 0 atom stereocenters. The first kappa shape index (κ1) is 14.2. The molecule has 0 saturated heterocycles. The lowest BCUT2D eigenvalue weighted by atomic mass is 10.4. The number of aliphatic hydroxyl groups is 1. The number of hydrogen-bond acceptors (Lipinski definition) is 6. The standard InChI is InChI=1S/C9H20N4O3S/c1-8(2)17(15,16)12-9-10-6-13(7-11-9)4-3-5-14/h8,14H,3-7H2,1-2H3,(H2,10,11,12). The lowest BCUT2D eigenvalue weighted by molar-refractivity contribution is 0.218. The summed E-state index contributed by atoms with van der Waals surface area (Å²) in [6, 6.07) is 0. The zero-order valence-electron chi connectivity index (χ0n) is 10.2. The Morgan fingerprint density at radius 1 is 1.59 bits per heavy atom. The Kier molecular flexibility index (Phi) is 5.16. The van der Waals surface area contributed by atoms with Crippen molar-refractivity contribution in [3.63, 3.8) is 0 Å². The Hall–Kier alpha value is -0.860. The molecule has 7 nitrogen and oxygen atoms in total. The Balaban J connectivity index is 2.47. The van der Waals surface area contributed by atoms with Gasteiger partial charge in [-0.05, 0) is 20.3 Å². The maximum Gasteiger partial charge on any atom is 0.237 e. The molecule has 0 aromatic carbocycles. The van der Waals surface area contributed by atoms with Gasteiger partial charge in [0.2, 0.25) is 16.0 Å². The summed E-state index contributed by atoms with van der Waals surface area (Å²) in [6.07, 6.45) is 0.685. The molecule has 0 saturated carbocycles. The molecular weight excluding hydrogens is 244 g/mol. The maximum atomic E-state index is 11.6. The predicted molar refractivity (Wildman–Crippen MR) is 65.9 cm³/mol. The van der Waals surface area contributed by atoms with Gasteiger partial charge in [-0.1, -0.05) is 0 Å². The Morgan fingerprint density at radius 2 is 2.29 bits per heavy atom. The Morgan fingerprint density at radius 3 is 2.76 bits per heavy atom. The van der Waals surface area contributed by atoms with Crippen LogP contribution in [0.2, 0.25) is 0 Å². The number of aliphatic hydroxyl groups excluding tert-OH is 1. The van der Waals surface area contributed by atoms with Crippen LogP contribution in [0.5, 0.6) is 0 Å². The van der Waals surface area contributed by atoms with Crippen molar-refractivity contribution in [2.75, 3.05) is 26.5 Å². The zero-order valence-corrected chi connectivity index (χ0v) is 11.0. The minimum atomic E-state index is -3.33. The molecule has 1 aliphatic rings. The second-order valence-corrected chi connectivity index (χ2v) is 6.39. The topological polar surface area (TPSA) is 94.0 Å². The quantitative estimate of drug-likeness (QED) is 0.584. The highest BCUT2D eigenvalue weighted by Gasteiger charge is 2.19. The molecule has 8 heteroatoms. The number of aliphatic imine (C=N–C) groups is 1. The molecule has 1 rings (SSSR count). The van der Waals surface area contributed by atoms with Crippen LogP contribution in [0.15, 0.2) is 4.99 Å². The maximum absolute atomic E-state index is 11.6. The van der Waals surface area contributed by atoms with E-state index in [1.807, 2.05) is 4.90 Å². The van der Waals surface area contributed by atoms with E-state index < -0.39 is 15.3 Å². The molecule has 1 aliphatic heterocycles. The summed E-state index contributed by atoms with van der Waals surface area (Å²) in [7, 11) is -3.33. The number of rotatable bonds is 5. The minimum absolute atomic E-state index is 0.146. The van der Waals surface area contributed by atoms with E-state index in [9.17, 15) is 8.42 Å². The van der Waals surface area contributed by atoms with E-state index in [0.717, 1.165) is 6.54 Å². The van der Waals surface area contributed by atoms with Gasteiger partial charge in [0.05, 0.1) is 18.6 Å². The van der Waals surface area contributed by atoms with Gasteiger partial charge < -0.3 is 10.4 Å². The largest absolute Gasteiger partial charge is 0.396 e. The number of nitrogens with zero attached hydrogens (tertiary/aromatic N) is 2. The fourth-order valence-corrected chi connectivity index (χ4v) is 1.87. The van der Waals surface area contributed by atoms with Gasteiger partial charge in [-0.2, -0.15) is 0 Å². The fourth-order valence-electron chi connectivity index (χ4n) is 1.23. The van der Waals surface area contributed by atoms with Crippen LogP contribution in [-0.4, -0.2) is 56.1 Å². The van der Waals surface area contributed by atoms with Gasteiger partial charge in [0, 0.05) is 13.2 Å². The Bertz CT molecular complexity index is 366. The second kappa shape index (κ2) is 6.18. The summed E-state index contributed by atoms with van der Waals surface area (Å²) in [4.78, 5) is 6.07. The van der Waals surface area contributed by atoms with Crippen LogP contribution in [0, 0.1) is 0 Å². The summed E-state index contributed by atoms with van der Waals surface area (Å²) in [5.41, 5.74) is 0. The van der Waals surface area contributed by atoms with Crippen LogP contribution in [0.3, 0.4) is 0 Å². The van der Waals surface area contributed by atoms with Gasteiger partial charge in [-0.15, -0.1) is 0 Å². The number of hydrogen-bond donors (Lipinski definition) is 3. The molecule has 0 unspecified atom stereocenters. The summed E-state index contributed by atoms with van der Waals surface area (Å²) in [6.45, 7) is 5.06. The number of guanidine groups is 1. The van der Waals surface area contributed by atoms with E-state index in [1.165, 1.54) is 0 Å². The smallest absolute Gasteiger partial charge is 0.237 e. The van der Waals surface area contributed by atoms with Gasteiger partial charge in [0.1, 0.15) is 0 Å². The van der Waals surface area contributed by atoms with Gasteiger partial charge in [0.25, 0.3) is 0 Å². The van der Waals surface area contributed by atoms with Crippen LogP contribution in [0.1, 0.15) is 20.3 Å². The van der Waals surface area contributed by atoms with Crippen LogP contribution < -0.4 is 10.0 Å². The molecule has 1 heterocycles. The van der Waals surface area contributed by atoms with Crippen molar-refractivity contribution < 1.29 is 13.5 Å². The van der Waals surface area contributed by atoms with Crippen molar-refractivity contribution in [2.24, 2.45) is 4.99 Å². The van der Waals surface area contributed by atoms with Crippen molar-refractivity contribution in [2.45, 2.75) is 25.5 Å². The third kappa shape index (κ3) is 4.49. The summed E-state index contributed by atoms with van der Waals surface area (Å²) < 4.78 is 25.6. The first-order valence-corrected chi connectivity index (χ1v) is 7.13. The molecule has 0 aromatic heterocycles. The predicted octanol–water partition coefficient (Wildman–Crippen LogP) is -1.13. The van der Waals surface area contributed by atoms with E-state index >= 15 is 0 Å². The van der Waals surface area contributed by atoms with Gasteiger partial charge in [0.15, 0.2) is 0 Å². The highest BCUT2D eigenvalue weighted by molar-refractivity contribution is 7.90. The van der Waals surface area contributed by atoms with Crippen molar-refractivity contribution >= 4 is 16.0 Å². The van der Waals surface area contributed by atoms with E-state index in [0.29, 0.717) is 25.7 Å². The average molecular weight is 264 g/mol. The van der Waals surface area contributed by atoms with Crippen LogP contribution in [0.25, 0.3) is 0 Å². The molecule has 17 heavy (non-hydrogen) atoms. The van der Waals surface area contributed by atoms with Crippen molar-refractivity contribution in [1.29, 1.82) is 0 Å². The van der Waals surface area contributed by atoms with Crippen LogP contribution in [0.4, 0.5) is 0 Å².